The zero-order valence-electron chi connectivity index (χ0n) is 16.9. The standard InChI is InChI=1S/C21H25N3O5S/c1-16(2)29-21(25)23-9-3-12-24(15-17-6-10-22-11-7-17)30(26,27)19-4-5-20-18(14-19)8-13-28-20/h4-8,10-11,13-14,16H,3,9,12,15H2,1-2H3,(H,23,25). The molecule has 160 valence electrons. The quantitative estimate of drug-likeness (QED) is 0.520. The number of furan rings is 1. The van der Waals surface area contributed by atoms with E-state index in [0.29, 0.717) is 18.5 Å². The van der Waals surface area contributed by atoms with Gasteiger partial charge in [0.2, 0.25) is 10.0 Å². The second-order valence-corrected chi connectivity index (χ2v) is 8.99. The molecule has 8 nitrogen and oxygen atoms in total. The van der Waals surface area contributed by atoms with E-state index in [9.17, 15) is 13.2 Å². The number of carbonyl (C=O) groups excluding carboxylic acids is 1. The highest BCUT2D eigenvalue weighted by molar-refractivity contribution is 7.89. The first kappa shape index (κ1) is 21.8. The molecule has 9 heteroatoms. The molecule has 1 N–H and O–H groups in total. The molecular weight excluding hydrogens is 406 g/mol. The lowest BCUT2D eigenvalue weighted by atomic mass is 10.2. The summed E-state index contributed by atoms with van der Waals surface area (Å²) < 4.78 is 38.4. The minimum absolute atomic E-state index is 0.192. The van der Waals surface area contributed by atoms with E-state index >= 15 is 0 Å². The van der Waals surface area contributed by atoms with Crippen LogP contribution in [0.3, 0.4) is 0 Å². The monoisotopic (exact) mass is 431 g/mol. The van der Waals surface area contributed by atoms with Crippen LogP contribution in [0.25, 0.3) is 11.0 Å². The fourth-order valence-electron chi connectivity index (χ4n) is 2.93. The van der Waals surface area contributed by atoms with Gasteiger partial charge < -0.3 is 14.5 Å². The highest BCUT2D eigenvalue weighted by Crippen LogP contribution is 2.24. The van der Waals surface area contributed by atoms with E-state index in [4.69, 9.17) is 9.15 Å². The number of nitrogens with one attached hydrogen (secondary N) is 1. The molecule has 0 aliphatic rings. The van der Waals surface area contributed by atoms with Crippen molar-refractivity contribution in [2.45, 2.75) is 37.8 Å². The average Bonchev–Trinajstić information content (AvgIpc) is 3.18. The zero-order valence-corrected chi connectivity index (χ0v) is 17.8. The summed E-state index contributed by atoms with van der Waals surface area (Å²) >= 11 is 0. The Balaban J connectivity index is 1.75. The van der Waals surface area contributed by atoms with Crippen molar-refractivity contribution >= 4 is 27.1 Å². The largest absolute Gasteiger partial charge is 0.464 e. The molecule has 3 rings (SSSR count). The first-order valence-electron chi connectivity index (χ1n) is 9.67. The van der Waals surface area contributed by atoms with E-state index in [2.05, 4.69) is 10.3 Å². The minimum Gasteiger partial charge on any atom is -0.464 e. The molecule has 0 bridgehead atoms. The Kier molecular flexibility index (Phi) is 7.07. The Labute approximate surface area is 175 Å². The number of carbonyl (C=O) groups is 1. The van der Waals surface area contributed by atoms with Crippen molar-refractivity contribution in [3.05, 3.63) is 60.6 Å². The molecular formula is C21H25N3O5S. The van der Waals surface area contributed by atoms with Crippen LogP contribution in [-0.4, -0.2) is 43.0 Å². The molecule has 2 heterocycles. The van der Waals surface area contributed by atoms with Crippen LogP contribution in [0, 0.1) is 0 Å². The van der Waals surface area contributed by atoms with E-state index in [0.717, 1.165) is 10.9 Å². The van der Waals surface area contributed by atoms with Crippen LogP contribution in [0.4, 0.5) is 4.79 Å². The summed E-state index contributed by atoms with van der Waals surface area (Å²) in [6, 6.07) is 10.1. The fourth-order valence-corrected chi connectivity index (χ4v) is 4.43. The third-order valence-electron chi connectivity index (χ3n) is 4.37. The van der Waals surface area contributed by atoms with E-state index in [1.165, 1.54) is 10.6 Å². The molecule has 0 unspecified atom stereocenters. The van der Waals surface area contributed by atoms with Gasteiger partial charge in [-0.3, -0.25) is 4.98 Å². The van der Waals surface area contributed by atoms with Crippen LogP contribution < -0.4 is 5.32 Å². The number of rotatable bonds is 9. The van der Waals surface area contributed by atoms with Crippen LogP contribution in [0.2, 0.25) is 0 Å². The lowest BCUT2D eigenvalue weighted by Crippen LogP contribution is -2.34. The molecule has 0 saturated heterocycles. The van der Waals surface area contributed by atoms with Crippen LogP contribution in [-0.2, 0) is 21.3 Å². The lowest BCUT2D eigenvalue weighted by Gasteiger charge is -2.22. The number of benzene rings is 1. The van der Waals surface area contributed by atoms with Crippen molar-refractivity contribution in [1.29, 1.82) is 0 Å². The number of amides is 1. The van der Waals surface area contributed by atoms with Crippen molar-refractivity contribution in [1.82, 2.24) is 14.6 Å². The lowest BCUT2D eigenvalue weighted by molar-refractivity contribution is 0.115. The van der Waals surface area contributed by atoms with Crippen molar-refractivity contribution in [3.8, 4) is 0 Å². The normalized spacial score (nSPS) is 11.9. The van der Waals surface area contributed by atoms with E-state index in [1.807, 2.05) is 0 Å². The number of aromatic nitrogens is 1. The summed E-state index contributed by atoms with van der Waals surface area (Å²) in [5, 5.41) is 3.36. The Bertz CT molecular complexity index is 1080. The molecule has 0 aliphatic heterocycles. The molecule has 0 radical (unpaired) electrons. The average molecular weight is 432 g/mol. The molecule has 0 aliphatic carbocycles. The van der Waals surface area contributed by atoms with Crippen molar-refractivity contribution in [2.24, 2.45) is 0 Å². The number of hydrogen-bond acceptors (Lipinski definition) is 6. The number of hydrogen-bond donors (Lipinski definition) is 1. The molecule has 30 heavy (non-hydrogen) atoms. The SMILES string of the molecule is CC(C)OC(=O)NCCCN(Cc1ccncc1)S(=O)(=O)c1ccc2occc2c1. The van der Waals surface area contributed by atoms with E-state index in [-0.39, 0.29) is 24.1 Å². The highest BCUT2D eigenvalue weighted by Gasteiger charge is 2.25. The Morgan fingerprint density at radius 2 is 1.97 bits per heavy atom. The maximum absolute atomic E-state index is 13.3. The third kappa shape index (κ3) is 5.58. The predicted octanol–water partition coefficient (Wildman–Crippen LogP) is 3.54. The second kappa shape index (κ2) is 9.73. The maximum Gasteiger partial charge on any atom is 0.407 e. The Hall–Kier alpha value is -2.91. The fraction of sp³-hybridized carbons (Fsp3) is 0.333. The predicted molar refractivity (Wildman–Crippen MR) is 112 cm³/mol. The van der Waals surface area contributed by atoms with E-state index in [1.54, 1.807) is 62.6 Å². The van der Waals surface area contributed by atoms with E-state index < -0.39 is 16.1 Å². The van der Waals surface area contributed by atoms with Gasteiger partial charge in [-0.1, -0.05) is 0 Å². The van der Waals surface area contributed by atoms with Gasteiger partial charge in [-0.2, -0.15) is 4.31 Å². The first-order chi connectivity index (χ1) is 14.4. The van der Waals surface area contributed by atoms with Gasteiger partial charge in [-0.15, -0.1) is 0 Å². The number of alkyl carbamates (subject to hydrolysis) is 1. The maximum atomic E-state index is 13.3. The van der Waals surface area contributed by atoms with Gasteiger partial charge >= 0.3 is 6.09 Å². The van der Waals surface area contributed by atoms with Crippen LogP contribution >= 0.6 is 0 Å². The van der Waals surface area contributed by atoms with Crippen LogP contribution in [0.1, 0.15) is 25.8 Å². The number of sulfonamides is 1. The summed E-state index contributed by atoms with van der Waals surface area (Å²) in [6.07, 6.45) is 4.48. The summed E-state index contributed by atoms with van der Waals surface area (Å²) in [5.41, 5.74) is 1.45. The number of fused-ring (bicyclic) bond motifs is 1. The van der Waals surface area contributed by atoms with Gasteiger partial charge in [0.05, 0.1) is 17.3 Å². The smallest absolute Gasteiger partial charge is 0.407 e. The molecule has 3 aromatic rings. The van der Waals surface area contributed by atoms with Crippen LogP contribution in [0.15, 0.2) is 64.4 Å². The topological polar surface area (TPSA) is 102 Å². The number of ether oxygens (including phenoxy) is 1. The molecule has 0 saturated carbocycles. The van der Waals surface area contributed by atoms with Crippen LogP contribution in [0.5, 0.6) is 0 Å². The van der Waals surface area contributed by atoms with Gasteiger partial charge in [-0.25, -0.2) is 13.2 Å². The molecule has 0 spiro atoms. The number of pyridine rings is 1. The van der Waals surface area contributed by atoms with Gasteiger partial charge in [-0.05, 0) is 62.2 Å². The van der Waals surface area contributed by atoms with Gasteiger partial charge in [0.25, 0.3) is 0 Å². The highest BCUT2D eigenvalue weighted by atomic mass is 32.2. The summed E-state index contributed by atoms with van der Waals surface area (Å²) in [4.78, 5) is 15.8. The Morgan fingerprint density at radius 1 is 1.20 bits per heavy atom. The third-order valence-corrected chi connectivity index (χ3v) is 6.21. The van der Waals surface area contributed by atoms with Gasteiger partial charge in [0.15, 0.2) is 0 Å². The van der Waals surface area contributed by atoms with Crippen molar-refractivity contribution in [2.75, 3.05) is 13.1 Å². The zero-order chi connectivity index (χ0) is 21.6. The summed E-state index contributed by atoms with van der Waals surface area (Å²) in [6.45, 7) is 4.26. The molecule has 1 amide bonds. The van der Waals surface area contributed by atoms with Gasteiger partial charge in [0, 0.05) is 37.4 Å². The molecule has 1 aromatic carbocycles. The summed E-state index contributed by atoms with van der Waals surface area (Å²) in [7, 11) is -3.76. The second-order valence-electron chi connectivity index (χ2n) is 7.05. The number of nitrogens with zero attached hydrogens (tertiary/aromatic N) is 2. The molecule has 0 fully saturated rings. The minimum atomic E-state index is -3.76. The van der Waals surface area contributed by atoms with Crippen molar-refractivity contribution < 1.29 is 22.4 Å². The molecule has 0 atom stereocenters. The van der Waals surface area contributed by atoms with Crippen molar-refractivity contribution in [3.63, 3.8) is 0 Å². The molecule has 2 aromatic heterocycles. The van der Waals surface area contributed by atoms with Gasteiger partial charge in [0.1, 0.15) is 5.58 Å². The first-order valence-corrected chi connectivity index (χ1v) is 11.1. The Morgan fingerprint density at radius 3 is 2.70 bits per heavy atom. The summed E-state index contributed by atoms with van der Waals surface area (Å²) in [5.74, 6) is 0.